The number of nitrogens with two attached hydrogens (primary N) is 1. The Labute approximate surface area is 150 Å². The molecule has 1 amide bonds. The van der Waals surface area contributed by atoms with Crippen molar-refractivity contribution in [2.24, 2.45) is 5.73 Å². The summed E-state index contributed by atoms with van der Waals surface area (Å²) in [4.78, 5) is 13.0. The van der Waals surface area contributed by atoms with Gasteiger partial charge in [0.15, 0.2) is 0 Å². The zero-order valence-corrected chi connectivity index (χ0v) is 15.7. The molecule has 122 valence electrons. The molecule has 0 aliphatic carbocycles. The molecule has 0 heterocycles. The van der Waals surface area contributed by atoms with Crippen LogP contribution in [0.1, 0.15) is 5.56 Å². The number of carbonyl (C=O) groups excluding carboxylic acids is 1. The van der Waals surface area contributed by atoms with E-state index >= 15 is 0 Å². The van der Waals surface area contributed by atoms with Gasteiger partial charge in [-0.15, -0.1) is 0 Å². The molecule has 0 saturated heterocycles. The van der Waals surface area contributed by atoms with Gasteiger partial charge >= 0.3 is 150 Å². The van der Waals surface area contributed by atoms with Gasteiger partial charge < -0.3 is 0 Å². The van der Waals surface area contributed by atoms with Gasteiger partial charge in [0.1, 0.15) is 0 Å². The Morgan fingerprint density at radius 1 is 0.750 bits per heavy atom. The average Bonchev–Trinajstić information content (AvgIpc) is 2.64. The Morgan fingerprint density at radius 2 is 1.12 bits per heavy atom. The molecule has 3 aromatic carbocycles. The molecule has 0 aliphatic heterocycles. The zero-order chi connectivity index (χ0) is 17.1. The number of amides is 1. The Kier molecular flexibility index (Phi) is 4.58. The molecule has 2 nitrogen and oxygen atoms in total. The monoisotopic (exact) mass is 399 g/mol. The van der Waals surface area contributed by atoms with Crippen molar-refractivity contribution in [3.8, 4) is 0 Å². The number of hydrogen-bond acceptors (Lipinski definition) is 1. The molecule has 0 radical (unpaired) electrons. The summed E-state index contributed by atoms with van der Waals surface area (Å²) in [5, 5.41) is -1.52. The van der Waals surface area contributed by atoms with Gasteiger partial charge in [-0.1, -0.05) is 0 Å². The summed E-state index contributed by atoms with van der Waals surface area (Å²) in [5.41, 5.74) is 6.87. The summed E-state index contributed by atoms with van der Waals surface area (Å²) in [6.45, 7) is 0. The van der Waals surface area contributed by atoms with Crippen LogP contribution < -0.4 is 16.3 Å². The van der Waals surface area contributed by atoms with E-state index < -0.39 is 5.31 Å². The van der Waals surface area contributed by atoms with Gasteiger partial charge in [-0.25, -0.2) is 0 Å². The van der Waals surface area contributed by atoms with E-state index in [1.165, 1.54) is 0 Å². The van der Waals surface area contributed by atoms with Gasteiger partial charge in [0.05, 0.1) is 0 Å². The molecule has 0 aliphatic rings. The second-order valence-electron chi connectivity index (χ2n) is 5.84. The fourth-order valence-electron chi connectivity index (χ4n) is 3.07. The molecule has 0 aromatic heterocycles. The van der Waals surface area contributed by atoms with E-state index in [2.05, 4.69) is 15.5 Å². The predicted octanol–water partition coefficient (Wildman–Crippen LogP) is 4.78. The van der Waals surface area contributed by atoms with Crippen LogP contribution in [0.2, 0.25) is 0 Å². The Balaban J connectivity index is 2.32. The summed E-state index contributed by atoms with van der Waals surface area (Å²) >= 11 is 3.97. The molecular formula is C20H19BrNOP. The molecule has 0 unspecified atom stereocenters. The normalized spacial score (nSPS) is 13.0. The summed E-state index contributed by atoms with van der Waals surface area (Å²) in [6, 6.07) is 29.7. The van der Waals surface area contributed by atoms with Gasteiger partial charge in [-0.2, -0.15) is 0 Å². The maximum absolute atomic E-state index is 13.0. The summed E-state index contributed by atoms with van der Waals surface area (Å²) < 4.78 is 0. The van der Waals surface area contributed by atoms with Crippen molar-refractivity contribution in [2.45, 2.75) is 6.16 Å². The van der Waals surface area contributed by atoms with Crippen molar-refractivity contribution in [1.29, 1.82) is 0 Å². The quantitative estimate of drug-likeness (QED) is 0.616. The van der Waals surface area contributed by atoms with E-state index in [1.807, 2.05) is 91.0 Å². The Morgan fingerprint density at radius 3 is 1.50 bits per heavy atom. The third-order valence-electron chi connectivity index (χ3n) is 4.37. The topological polar surface area (TPSA) is 43.1 Å². The summed E-state index contributed by atoms with van der Waals surface area (Å²) in [6.07, 6.45) is 0.551. The van der Waals surface area contributed by atoms with Gasteiger partial charge in [0.2, 0.25) is 0 Å². The minimum atomic E-state index is -3.42. The van der Waals surface area contributed by atoms with Gasteiger partial charge in [-0.3, -0.25) is 0 Å². The predicted molar refractivity (Wildman–Crippen MR) is 108 cm³/mol. The molecule has 3 rings (SSSR count). The number of primary amides is 1. The second kappa shape index (κ2) is 6.51. The van der Waals surface area contributed by atoms with E-state index in [0.29, 0.717) is 6.16 Å². The molecule has 24 heavy (non-hydrogen) atoms. The number of benzene rings is 3. The number of halogens is 1. The van der Waals surface area contributed by atoms with Crippen LogP contribution in [-0.2, 0) is 6.16 Å². The molecule has 0 atom stereocenters. The van der Waals surface area contributed by atoms with Crippen LogP contribution in [0.25, 0.3) is 0 Å². The van der Waals surface area contributed by atoms with Crippen LogP contribution in [0, 0.1) is 0 Å². The summed E-state index contributed by atoms with van der Waals surface area (Å²) in [5.74, 6) is 0. The standard InChI is InChI=1S/C20H19BrNOP/c21-24(20(22)23,18-12-6-2-7-13-18,19-14-8-3-9-15-19)16-17-10-4-1-5-11-17/h1-15H,16H2,(H2,22,23). The van der Waals surface area contributed by atoms with E-state index in [9.17, 15) is 4.79 Å². The Hall–Kier alpha value is -1.96. The Bertz CT molecular complexity index is 798. The van der Waals surface area contributed by atoms with E-state index in [4.69, 9.17) is 5.73 Å². The molecule has 0 fully saturated rings. The first-order valence-corrected chi connectivity index (χ1v) is 12.2. The van der Waals surface area contributed by atoms with Crippen LogP contribution in [0.5, 0.6) is 0 Å². The van der Waals surface area contributed by atoms with Gasteiger partial charge in [0, 0.05) is 0 Å². The van der Waals surface area contributed by atoms with Crippen molar-refractivity contribution >= 4 is 37.1 Å². The van der Waals surface area contributed by atoms with Crippen molar-refractivity contribution in [2.75, 3.05) is 0 Å². The third-order valence-corrected chi connectivity index (χ3v) is 13.3. The molecule has 2 N–H and O–H groups in total. The number of rotatable bonds is 5. The SMILES string of the molecule is NC(=O)P(Br)(Cc1ccccc1)(c1ccccc1)c1ccccc1. The fraction of sp³-hybridized carbons (Fsp3) is 0.0500. The molecule has 0 saturated carbocycles. The minimum absolute atomic E-state index is 0.303. The van der Waals surface area contributed by atoms with Crippen LogP contribution >= 0.6 is 20.8 Å². The molecule has 0 bridgehead atoms. The zero-order valence-electron chi connectivity index (χ0n) is 13.2. The van der Waals surface area contributed by atoms with Crippen LogP contribution in [0.3, 0.4) is 0 Å². The van der Waals surface area contributed by atoms with E-state index in [0.717, 1.165) is 16.2 Å². The first-order chi connectivity index (χ1) is 11.6. The van der Waals surface area contributed by atoms with Crippen LogP contribution in [-0.4, -0.2) is 5.65 Å². The molecule has 3 aromatic rings. The van der Waals surface area contributed by atoms with Gasteiger partial charge in [0.25, 0.3) is 0 Å². The van der Waals surface area contributed by atoms with Crippen molar-refractivity contribution in [3.63, 3.8) is 0 Å². The summed E-state index contributed by atoms with van der Waals surface area (Å²) in [7, 11) is 0. The number of hydrogen-bond donors (Lipinski definition) is 1. The van der Waals surface area contributed by atoms with Gasteiger partial charge in [-0.05, 0) is 0 Å². The fourth-order valence-corrected chi connectivity index (χ4v) is 9.17. The first-order valence-electron chi connectivity index (χ1n) is 7.73. The van der Waals surface area contributed by atoms with Crippen molar-refractivity contribution in [1.82, 2.24) is 0 Å². The third kappa shape index (κ3) is 2.68. The average molecular weight is 400 g/mol. The maximum atomic E-state index is 13.0. The van der Waals surface area contributed by atoms with Crippen molar-refractivity contribution < 1.29 is 4.79 Å². The molecular weight excluding hydrogens is 381 g/mol. The second-order valence-corrected chi connectivity index (χ2v) is 14.7. The first kappa shape index (κ1) is 16.9. The number of carbonyl (C=O) groups is 1. The molecule has 0 spiro atoms. The van der Waals surface area contributed by atoms with Crippen molar-refractivity contribution in [3.05, 3.63) is 96.6 Å². The van der Waals surface area contributed by atoms with E-state index in [1.54, 1.807) is 0 Å². The van der Waals surface area contributed by atoms with E-state index in [-0.39, 0.29) is 5.65 Å². The van der Waals surface area contributed by atoms with Crippen LogP contribution in [0.4, 0.5) is 4.79 Å². The molecule has 4 heteroatoms. The van der Waals surface area contributed by atoms with Crippen LogP contribution in [0.15, 0.2) is 91.0 Å².